The van der Waals surface area contributed by atoms with E-state index in [1.165, 1.54) is 22.5 Å². The van der Waals surface area contributed by atoms with Gasteiger partial charge < -0.3 is 11.1 Å². The normalized spacial score (nSPS) is 15.7. The van der Waals surface area contributed by atoms with E-state index < -0.39 is 21.8 Å². The van der Waals surface area contributed by atoms with Crippen LogP contribution in [0.3, 0.4) is 0 Å². The van der Waals surface area contributed by atoms with Crippen LogP contribution in [-0.2, 0) is 14.8 Å². The van der Waals surface area contributed by atoms with Crippen LogP contribution < -0.4 is 11.1 Å². The fourth-order valence-electron chi connectivity index (χ4n) is 2.18. The van der Waals surface area contributed by atoms with E-state index in [-0.39, 0.29) is 22.0 Å². The lowest BCUT2D eigenvalue weighted by molar-refractivity contribution is -0.117. The number of halogens is 1. The Labute approximate surface area is 133 Å². The van der Waals surface area contributed by atoms with Gasteiger partial charge in [0.25, 0.3) is 5.91 Å². The predicted octanol–water partition coefficient (Wildman–Crippen LogP) is 0.340. The highest BCUT2D eigenvalue weighted by atomic mass is 35.5. The van der Waals surface area contributed by atoms with Crippen molar-refractivity contribution in [1.29, 1.82) is 0 Å². The second-order valence-corrected chi connectivity index (χ2v) is 7.25. The molecule has 3 N–H and O–H groups in total. The zero-order valence-corrected chi connectivity index (χ0v) is 13.3. The van der Waals surface area contributed by atoms with Gasteiger partial charge in [0.15, 0.2) is 0 Å². The maximum Gasteiger partial charge on any atom is 0.253 e. The van der Waals surface area contributed by atoms with Gasteiger partial charge in [-0.3, -0.25) is 9.59 Å². The maximum absolute atomic E-state index is 12.5. The molecule has 1 aliphatic heterocycles. The van der Waals surface area contributed by atoms with Crippen LogP contribution in [0.2, 0.25) is 5.02 Å². The molecule has 0 atom stereocenters. The second-order valence-electron chi connectivity index (χ2n) is 4.90. The first-order valence-corrected chi connectivity index (χ1v) is 8.50. The molecular formula is C13H16ClN3O4S. The van der Waals surface area contributed by atoms with Gasteiger partial charge in [0.1, 0.15) is 0 Å². The van der Waals surface area contributed by atoms with Crippen molar-refractivity contribution < 1.29 is 18.0 Å². The molecule has 1 aromatic rings. The molecule has 1 aromatic carbocycles. The lowest BCUT2D eigenvalue weighted by Gasteiger charge is -2.16. The Morgan fingerprint density at radius 3 is 2.50 bits per heavy atom. The first-order valence-electron chi connectivity index (χ1n) is 6.68. The molecule has 22 heavy (non-hydrogen) atoms. The summed E-state index contributed by atoms with van der Waals surface area (Å²) in [5.74, 6) is -1.35. The third-order valence-electron chi connectivity index (χ3n) is 3.31. The Kier molecular flexibility index (Phi) is 5.05. The zero-order chi connectivity index (χ0) is 16.3. The number of sulfonamides is 1. The number of hydrogen-bond acceptors (Lipinski definition) is 4. The van der Waals surface area contributed by atoms with Crippen LogP contribution in [0.1, 0.15) is 23.2 Å². The molecule has 1 heterocycles. The van der Waals surface area contributed by atoms with Crippen LogP contribution in [0.25, 0.3) is 0 Å². The third-order valence-corrected chi connectivity index (χ3v) is 5.53. The second kappa shape index (κ2) is 6.64. The van der Waals surface area contributed by atoms with Crippen LogP contribution in [-0.4, -0.2) is 44.2 Å². The lowest BCUT2D eigenvalue weighted by atomic mass is 10.2. The Morgan fingerprint density at radius 1 is 1.27 bits per heavy atom. The van der Waals surface area contributed by atoms with Gasteiger partial charge in [0, 0.05) is 13.1 Å². The van der Waals surface area contributed by atoms with Crippen molar-refractivity contribution in [3.05, 3.63) is 28.8 Å². The maximum atomic E-state index is 12.5. The molecule has 120 valence electrons. The van der Waals surface area contributed by atoms with Gasteiger partial charge in [0.2, 0.25) is 15.9 Å². The molecule has 0 aromatic heterocycles. The van der Waals surface area contributed by atoms with Crippen LogP contribution in [0.15, 0.2) is 23.1 Å². The van der Waals surface area contributed by atoms with Crippen molar-refractivity contribution in [3.8, 4) is 0 Å². The number of carbonyl (C=O) groups excluding carboxylic acids is 2. The summed E-state index contributed by atoms with van der Waals surface area (Å²) in [5.41, 5.74) is 4.94. The summed E-state index contributed by atoms with van der Waals surface area (Å²) in [7, 11) is -3.64. The lowest BCUT2D eigenvalue weighted by Crippen LogP contribution is -2.33. The number of amides is 2. The van der Waals surface area contributed by atoms with E-state index in [0.717, 1.165) is 12.8 Å². The summed E-state index contributed by atoms with van der Waals surface area (Å²) in [4.78, 5) is 22.7. The molecule has 0 bridgehead atoms. The van der Waals surface area contributed by atoms with E-state index in [1.54, 1.807) is 0 Å². The molecule has 0 aliphatic carbocycles. The molecule has 0 unspecified atom stereocenters. The summed E-state index contributed by atoms with van der Waals surface area (Å²) in [5, 5.41) is 2.38. The Bertz CT molecular complexity index is 699. The summed E-state index contributed by atoms with van der Waals surface area (Å²) < 4.78 is 26.3. The average Bonchev–Trinajstić information content (AvgIpc) is 2.99. The first kappa shape index (κ1) is 16.7. The topological polar surface area (TPSA) is 110 Å². The monoisotopic (exact) mass is 345 g/mol. The van der Waals surface area contributed by atoms with Crippen molar-refractivity contribution in [2.45, 2.75) is 17.7 Å². The average molecular weight is 346 g/mol. The highest BCUT2D eigenvalue weighted by Crippen LogP contribution is 2.25. The van der Waals surface area contributed by atoms with E-state index in [9.17, 15) is 18.0 Å². The standard InChI is InChI=1S/C13H16ClN3O4S/c14-11-4-3-9(22(20,21)17-5-1-2-6-17)7-10(11)13(19)16-8-12(15)18/h3-4,7H,1-2,5-6,8H2,(H2,15,18)(H,16,19). The molecule has 1 fully saturated rings. The number of nitrogens with zero attached hydrogens (tertiary/aromatic N) is 1. The molecule has 2 amide bonds. The number of benzene rings is 1. The van der Waals surface area contributed by atoms with E-state index >= 15 is 0 Å². The molecule has 1 saturated heterocycles. The van der Waals surface area contributed by atoms with Gasteiger partial charge >= 0.3 is 0 Å². The fourth-order valence-corrected chi connectivity index (χ4v) is 3.93. The first-order chi connectivity index (χ1) is 10.3. The quantitative estimate of drug-likeness (QED) is 0.801. The number of nitrogens with one attached hydrogen (secondary N) is 1. The molecule has 1 aliphatic rings. The Morgan fingerprint density at radius 2 is 1.91 bits per heavy atom. The van der Waals surface area contributed by atoms with Gasteiger partial charge in [-0.05, 0) is 31.0 Å². The van der Waals surface area contributed by atoms with E-state index in [2.05, 4.69) is 5.32 Å². The largest absolute Gasteiger partial charge is 0.368 e. The molecule has 7 nitrogen and oxygen atoms in total. The van der Waals surface area contributed by atoms with Crippen molar-refractivity contribution in [2.24, 2.45) is 5.73 Å². The van der Waals surface area contributed by atoms with Gasteiger partial charge in [0.05, 0.1) is 22.0 Å². The van der Waals surface area contributed by atoms with Crippen molar-refractivity contribution in [1.82, 2.24) is 9.62 Å². The summed E-state index contributed by atoms with van der Waals surface area (Å²) in [6.45, 7) is 0.584. The number of rotatable bonds is 5. The van der Waals surface area contributed by atoms with Crippen molar-refractivity contribution >= 4 is 33.4 Å². The van der Waals surface area contributed by atoms with E-state index in [0.29, 0.717) is 13.1 Å². The molecule has 9 heteroatoms. The SMILES string of the molecule is NC(=O)CNC(=O)c1cc(S(=O)(=O)N2CCCC2)ccc1Cl. The summed E-state index contributed by atoms with van der Waals surface area (Å²) >= 11 is 5.93. The molecular weight excluding hydrogens is 330 g/mol. The number of nitrogens with two attached hydrogens (primary N) is 1. The summed E-state index contributed by atoms with van der Waals surface area (Å²) in [6.07, 6.45) is 1.64. The molecule has 0 spiro atoms. The van der Waals surface area contributed by atoms with Crippen LogP contribution in [0, 0.1) is 0 Å². The Hall–Kier alpha value is -1.64. The highest BCUT2D eigenvalue weighted by molar-refractivity contribution is 7.89. The highest BCUT2D eigenvalue weighted by Gasteiger charge is 2.28. The minimum atomic E-state index is -3.64. The molecule has 0 radical (unpaired) electrons. The van der Waals surface area contributed by atoms with Crippen LogP contribution in [0.5, 0.6) is 0 Å². The van der Waals surface area contributed by atoms with Crippen LogP contribution in [0.4, 0.5) is 0 Å². The minimum absolute atomic E-state index is 0.00280. The van der Waals surface area contributed by atoms with Gasteiger partial charge in [-0.25, -0.2) is 8.42 Å². The van der Waals surface area contributed by atoms with E-state index in [4.69, 9.17) is 17.3 Å². The van der Waals surface area contributed by atoms with Gasteiger partial charge in [-0.15, -0.1) is 0 Å². The molecule has 2 rings (SSSR count). The van der Waals surface area contributed by atoms with E-state index in [1.807, 2.05) is 0 Å². The molecule has 0 saturated carbocycles. The zero-order valence-electron chi connectivity index (χ0n) is 11.7. The number of carbonyl (C=O) groups is 2. The Balaban J connectivity index is 2.30. The third kappa shape index (κ3) is 3.57. The summed E-state index contributed by atoms with van der Waals surface area (Å²) in [6, 6.07) is 3.93. The van der Waals surface area contributed by atoms with Gasteiger partial charge in [-0.1, -0.05) is 11.6 Å². The predicted molar refractivity (Wildman–Crippen MR) is 81.0 cm³/mol. The van der Waals surface area contributed by atoms with Crippen molar-refractivity contribution in [2.75, 3.05) is 19.6 Å². The van der Waals surface area contributed by atoms with Crippen LogP contribution >= 0.6 is 11.6 Å². The fraction of sp³-hybridized carbons (Fsp3) is 0.385. The number of primary amides is 1. The minimum Gasteiger partial charge on any atom is -0.368 e. The van der Waals surface area contributed by atoms with Gasteiger partial charge in [-0.2, -0.15) is 4.31 Å². The number of hydrogen-bond donors (Lipinski definition) is 2. The smallest absolute Gasteiger partial charge is 0.253 e. The van der Waals surface area contributed by atoms with Crippen molar-refractivity contribution in [3.63, 3.8) is 0 Å².